The number of aliphatic carboxylic acids is 1. The molecular formula is C15H18N2O3. The first kappa shape index (κ1) is 14.4. The lowest BCUT2D eigenvalue weighted by Gasteiger charge is -2.32. The van der Waals surface area contributed by atoms with Gasteiger partial charge in [0.25, 0.3) is 0 Å². The summed E-state index contributed by atoms with van der Waals surface area (Å²) >= 11 is 0. The van der Waals surface area contributed by atoms with Crippen LogP contribution in [-0.2, 0) is 11.3 Å². The van der Waals surface area contributed by atoms with E-state index in [0.717, 1.165) is 24.9 Å². The average Bonchev–Trinajstić information content (AvgIpc) is 2.47. The predicted molar refractivity (Wildman–Crippen MR) is 73.4 cm³/mol. The highest BCUT2D eigenvalue weighted by atomic mass is 16.5. The molecule has 5 nitrogen and oxygen atoms in total. The molecule has 1 heterocycles. The Morgan fingerprint density at radius 3 is 3.00 bits per heavy atom. The summed E-state index contributed by atoms with van der Waals surface area (Å²) in [6, 6.07) is 7.09. The van der Waals surface area contributed by atoms with E-state index in [1.165, 1.54) is 7.11 Å². The van der Waals surface area contributed by atoms with Gasteiger partial charge in [0.15, 0.2) is 0 Å². The van der Waals surface area contributed by atoms with E-state index in [9.17, 15) is 9.90 Å². The molecule has 0 spiro atoms. The summed E-state index contributed by atoms with van der Waals surface area (Å²) < 4.78 is 5.11. The minimum Gasteiger partial charge on any atom is -0.495 e. The molecule has 5 heteroatoms. The number of benzene rings is 1. The third-order valence-electron chi connectivity index (χ3n) is 3.67. The molecule has 1 aliphatic heterocycles. The minimum atomic E-state index is -0.765. The van der Waals surface area contributed by atoms with Crippen molar-refractivity contribution in [2.24, 2.45) is 0 Å². The van der Waals surface area contributed by atoms with E-state index in [1.807, 2.05) is 11.0 Å². The quantitative estimate of drug-likeness (QED) is 0.909. The second-order valence-electron chi connectivity index (χ2n) is 4.97. The largest absolute Gasteiger partial charge is 0.495 e. The average molecular weight is 274 g/mol. The van der Waals surface area contributed by atoms with E-state index in [-0.39, 0.29) is 0 Å². The first-order valence-corrected chi connectivity index (χ1v) is 6.69. The number of methoxy groups -OCH3 is 1. The molecule has 1 aliphatic rings. The molecule has 0 aliphatic carbocycles. The van der Waals surface area contributed by atoms with Gasteiger partial charge in [-0.2, -0.15) is 5.26 Å². The molecular weight excluding hydrogens is 256 g/mol. The SMILES string of the molecule is COc1ccc(CN2CCCCC2C(=O)O)cc1C#N. The maximum Gasteiger partial charge on any atom is 0.320 e. The molecule has 20 heavy (non-hydrogen) atoms. The van der Waals surface area contributed by atoms with Gasteiger partial charge in [0.05, 0.1) is 12.7 Å². The molecule has 106 valence electrons. The number of hydrogen-bond acceptors (Lipinski definition) is 4. The number of ether oxygens (including phenoxy) is 1. The van der Waals surface area contributed by atoms with Crippen LogP contribution in [0, 0.1) is 11.3 Å². The molecule has 1 N–H and O–H groups in total. The van der Waals surface area contributed by atoms with Gasteiger partial charge < -0.3 is 9.84 Å². The van der Waals surface area contributed by atoms with E-state index in [1.54, 1.807) is 12.1 Å². The molecule has 1 unspecified atom stereocenters. The lowest BCUT2D eigenvalue weighted by molar-refractivity contribution is -0.144. The number of carbonyl (C=O) groups is 1. The van der Waals surface area contributed by atoms with Gasteiger partial charge in [0, 0.05) is 6.54 Å². The maximum atomic E-state index is 11.3. The summed E-state index contributed by atoms with van der Waals surface area (Å²) in [6.07, 6.45) is 2.67. The normalized spacial score (nSPS) is 19.3. The monoisotopic (exact) mass is 274 g/mol. The van der Waals surface area contributed by atoms with Crippen LogP contribution in [0.15, 0.2) is 18.2 Å². The molecule has 0 radical (unpaired) electrons. The Morgan fingerprint density at radius 1 is 1.55 bits per heavy atom. The van der Waals surface area contributed by atoms with E-state index in [2.05, 4.69) is 6.07 Å². The van der Waals surface area contributed by atoms with Crippen molar-refractivity contribution < 1.29 is 14.6 Å². The van der Waals surface area contributed by atoms with E-state index >= 15 is 0 Å². The Morgan fingerprint density at radius 2 is 2.35 bits per heavy atom. The number of likely N-dealkylation sites (tertiary alicyclic amines) is 1. The molecule has 1 aromatic carbocycles. The van der Waals surface area contributed by atoms with Crippen LogP contribution in [0.2, 0.25) is 0 Å². The lowest BCUT2D eigenvalue weighted by atomic mass is 10.0. The van der Waals surface area contributed by atoms with Crippen LogP contribution in [0.1, 0.15) is 30.4 Å². The van der Waals surface area contributed by atoms with Crippen LogP contribution in [0.4, 0.5) is 0 Å². The molecule has 0 aromatic heterocycles. The van der Waals surface area contributed by atoms with Crippen LogP contribution < -0.4 is 4.74 Å². The summed E-state index contributed by atoms with van der Waals surface area (Å²) in [5.41, 5.74) is 1.42. The van der Waals surface area contributed by atoms with Gasteiger partial charge in [0.2, 0.25) is 0 Å². The number of nitrogens with zero attached hydrogens (tertiary/aromatic N) is 2. The molecule has 0 amide bonds. The first-order chi connectivity index (χ1) is 9.65. The van der Waals surface area contributed by atoms with Crippen molar-refractivity contribution in [1.82, 2.24) is 4.90 Å². The smallest absolute Gasteiger partial charge is 0.320 e. The molecule has 1 fully saturated rings. The summed E-state index contributed by atoms with van der Waals surface area (Å²) in [7, 11) is 1.53. The third kappa shape index (κ3) is 3.09. The zero-order chi connectivity index (χ0) is 14.5. The third-order valence-corrected chi connectivity index (χ3v) is 3.67. The van der Waals surface area contributed by atoms with Crippen molar-refractivity contribution in [2.45, 2.75) is 31.8 Å². The first-order valence-electron chi connectivity index (χ1n) is 6.69. The van der Waals surface area contributed by atoms with Gasteiger partial charge in [-0.1, -0.05) is 12.5 Å². The number of rotatable bonds is 4. The van der Waals surface area contributed by atoms with Crippen molar-refractivity contribution >= 4 is 5.97 Å². The van der Waals surface area contributed by atoms with Crippen molar-refractivity contribution in [1.29, 1.82) is 5.26 Å². The zero-order valence-electron chi connectivity index (χ0n) is 11.5. The van der Waals surface area contributed by atoms with Gasteiger partial charge in [-0.25, -0.2) is 0 Å². The Labute approximate surface area is 118 Å². The van der Waals surface area contributed by atoms with Crippen molar-refractivity contribution in [2.75, 3.05) is 13.7 Å². The molecule has 1 saturated heterocycles. The number of carboxylic acids is 1. The van der Waals surface area contributed by atoms with Crippen LogP contribution in [0.5, 0.6) is 5.75 Å². The van der Waals surface area contributed by atoms with Crippen LogP contribution in [0.3, 0.4) is 0 Å². The molecule has 0 bridgehead atoms. The maximum absolute atomic E-state index is 11.3. The fraction of sp³-hybridized carbons (Fsp3) is 0.467. The molecule has 2 rings (SSSR count). The topological polar surface area (TPSA) is 73.6 Å². The Bertz CT molecular complexity index is 536. The summed E-state index contributed by atoms with van der Waals surface area (Å²) in [5.74, 6) is -0.219. The van der Waals surface area contributed by atoms with Crippen molar-refractivity contribution in [3.05, 3.63) is 29.3 Å². The minimum absolute atomic E-state index is 0.420. The lowest BCUT2D eigenvalue weighted by Crippen LogP contribution is -2.44. The van der Waals surface area contributed by atoms with Crippen LogP contribution in [-0.4, -0.2) is 35.7 Å². The summed E-state index contributed by atoms with van der Waals surface area (Å²) in [5, 5.41) is 18.3. The number of carboxylic acid groups (broad SMARTS) is 1. The molecule has 1 atom stereocenters. The van der Waals surface area contributed by atoms with Gasteiger partial charge in [-0.05, 0) is 37.1 Å². The molecule has 0 saturated carbocycles. The highest BCUT2D eigenvalue weighted by molar-refractivity contribution is 5.73. The Balaban J connectivity index is 2.16. The number of piperidine rings is 1. The van der Waals surface area contributed by atoms with Crippen molar-refractivity contribution in [3.63, 3.8) is 0 Å². The highest BCUT2D eigenvalue weighted by Gasteiger charge is 2.28. The van der Waals surface area contributed by atoms with Crippen LogP contribution >= 0.6 is 0 Å². The number of nitriles is 1. The van der Waals surface area contributed by atoms with Gasteiger partial charge in [-0.3, -0.25) is 9.69 Å². The van der Waals surface area contributed by atoms with E-state index in [4.69, 9.17) is 10.00 Å². The Kier molecular flexibility index (Phi) is 4.59. The summed E-state index contributed by atoms with van der Waals surface area (Å²) in [6.45, 7) is 1.33. The van der Waals surface area contributed by atoms with E-state index < -0.39 is 12.0 Å². The standard InChI is InChI=1S/C15H18N2O3/c1-20-14-6-5-11(8-12(14)9-16)10-17-7-3-2-4-13(17)15(18)19/h5-6,8,13H,2-4,7,10H2,1H3,(H,18,19). The fourth-order valence-electron chi connectivity index (χ4n) is 2.64. The predicted octanol–water partition coefficient (Wildman–Crippen LogP) is 2.01. The summed E-state index contributed by atoms with van der Waals surface area (Å²) in [4.78, 5) is 13.2. The molecule has 1 aromatic rings. The zero-order valence-corrected chi connectivity index (χ0v) is 11.5. The fourth-order valence-corrected chi connectivity index (χ4v) is 2.64. The van der Waals surface area contributed by atoms with Gasteiger partial charge >= 0.3 is 5.97 Å². The second-order valence-corrected chi connectivity index (χ2v) is 4.97. The van der Waals surface area contributed by atoms with Gasteiger partial charge in [0.1, 0.15) is 17.9 Å². The van der Waals surface area contributed by atoms with Crippen molar-refractivity contribution in [3.8, 4) is 11.8 Å². The second kappa shape index (κ2) is 6.40. The number of hydrogen-bond donors (Lipinski definition) is 1. The highest BCUT2D eigenvalue weighted by Crippen LogP contribution is 2.23. The van der Waals surface area contributed by atoms with Crippen LogP contribution in [0.25, 0.3) is 0 Å². The van der Waals surface area contributed by atoms with E-state index in [0.29, 0.717) is 24.3 Å². The Hall–Kier alpha value is -2.06. The van der Waals surface area contributed by atoms with Gasteiger partial charge in [-0.15, -0.1) is 0 Å².